The van der Waals surface area contributed by atoms with Gasteiger partial charge < -0.3 is 10.1 Å². The molecule has 1 aromatic heterocycles. The van der Waals surface area contributed by atoms with E-state index in [1.807, 2.05) is 30.3 Å². The summed E-state index contributed by atoms with van der Waals surface area (Å²) in [6.45, 7) is 3.42. The van der Waals surface area contributed by atoms with Crippen LogP contribution in [0.1, 0.15) is 19.2 Å². The second kappa shape index (κ2) is 7.36. The smallest absolute Gasteiger partial charge is 0.157 e. The maximum atomic E-state index is 5.14. The van der Waals surface area contributed by atoms with E-state index in [0.717, 1.165) is 34.5 Å². The molecule has 0 fully saturated rings. The van der Waals surface area contributed by atoms with Crippen molar-refractivity contribution < 1.29 is 4.74 Å². The van der Waals surface area contributed by atoms with Gasteiger partial charge in [0.15, 0.2) is 5.82 Å². The summed E-state index contributed by atoms with van der Waals surface area (Å²) in [5, 5.41) is 3.30. The zero-order valence-corrected chi connectivity index (χ0v) is 13.3. The molecule has 1 aromatic carbocycles. The van der Waals surface area contributed by atoms with E-state index in [1.54, 1.807) is 7.11 Å². The lowest BCUT2D eigenvalue weighted by Crippen LogP contribution is -2.06. The minimum atomic E-state index is 0.408. The van der Waals surface area contributed by atoms with Crippen LogP contribution in [0.15, 0.2) is 34.8 Å². The Morgan fingerprint density at radius 3 is 2.60 bits per heavy atom. The molecule has 0 spiro atoms. The summed E-state index contributed by atoms with van der Waals surface area (Å²) < 4.78 is 6.19. The van der Waals surface area contributed by atoms with Gasteiger partial charge in [-0.25, -0.2) is 9.97 Å². The van der Waals surface area contributed by atoms with Gasteiger partial charge in [0.05, 0.1) is 5.69 Å². The minimum absolute atomic E-state index is 0.408. The normalized spacial score (nSPS) is 10.6. The van der Waals surface area contributed by atoms with Crippen molar-refractivity contribution in [3.8, 4) is 11.3 Å². The van der Waals surface area contributed by atoms with Gasteiger partial charge in [-0.2, -0.15) is 0 Å². The van der Waals surface area contributed by atoms with Crippen molar-refractivity contribution >= 4 is 21.7 Å². The van der Waals surface area contributed by atoms with Crippen LogP contribution in [0.4, 0.5) is 5.82 Å². The second-order valence-electron chi connectivity index (χ2n) is 4.42. The second-order valence-corrected chi connectivity index (χ2v) is 5.34. The van der Waals surface area contributed by atoms with E-state index in [1.165, 1.54) is 0 Å². The number of halogens is 1. The van der Waals surface area contributed by atoms with Crippen molar-refractivity contribution in [3.05, 3.63) is 40.6 Å². The molecule has 0 saturated carbocycles. The van der Waals surface area contributed by atoms with Gasteiger partial charge >= 0.3 is 0 Å². The number of nitrogens with one attached hydrogen (secondary N) is 1. The highest BCUT2D eigenvalue weighted by Crippen LogP contribution is 2.22. The molecule has 2 rings (SSSR count). The highest BCUT2D eigenvalue weighted by atomic mass is 79.9. The SMILES string of the molecule is CCCNc1cc(-c2ccc(Br)cc2)nc(COC)n1. The molecule has 1 heterocycles. The Balaban J connectivity index is 2.34. The summed E-state index contributed by atoms with van der Waals surface area (Å²) in [5.41, 5.74) is 1.96. The lowest BCUT2D eigenvalue weighted by molar-refractivity contribution is 0.178. The van der Waals surface area contributed by atoms with Crippen LogP contribution in [0.2, 0.25) is 0 Å². The molecule has 106 valence electrons. The maximum Gasteiger partial charge on any atom is 0.157 e. The van der Waals surface area contributed by atoms with Crippen molar-refractivity contribution in [2.75, 3.05) is 19.0 Å². The molecule has 0 atom stereocenters. The number of ether oxygens (including phenoxy) is 1. The van der Waals surface area contributed by atoms with E-state index in [9.17, 15) is 0 Å². The molecule has 1 N–H and O–H groups in total. The van der Waals surface area contributed by atoms with Crippen LogP contribution >= 0.6 is 15.9 Å². The van der Waals surface area contributed by atoms with Gasteiger partial charge in [0.25, 0.3) is 0 Å². The van der Waals surface area contributed by atoms with E-state index in [0.29, 0.717) is 12.4 Å². The molecule has 4 nitrogen and oxygen atoms in total. The maximum absolute atomic E-state index is 5.14. The first-order valence-corrected chi connectivity index (χ1v) is 7.39. The molecule has 5 heteroatoms. The number of rotatable bonds is 6. The van der Waals surface area contributed by atoms with Gasteiger partial charge in [0, 0.05) is 29.8 Å². The van der Waals surface area contributed by atoms with Crippen LogP contribution < -0.4 is 5.32 Å². The monoisotopic (exact) mass is 335 g/mol. The fourth-order valence-electron chi connectivity index (χ4n) is 1.80. The Kier molecular flexibility index (Phi) is 5.49. The third-order valence-corrected chi connectivity index (χ3v) is 3.27. The molecule has 0 radical (unpaired) electrons. The van der Waals surface area contributed by atoms with Crippen LogP contribution in [0.5, 0.6) is 0 Å². The van der Waals surface area contributed by atoms with Gasteiger partial charge in [-0.1, -0.05) is 35.0 Å². The molecule has 0 amide bonds. The van der Waals surface area contributed by atoms with Crippen molar-refractivity contribution in [1.29, 1.82) is 0 Å². The zero-order valence-electron chi connectivity index (χ0n) is 11.7. The van der Waals surface area contributed by atoms with Gasteiger partial charge in [-0.3, -0.25) is 0 Å². The van der Waals surface area contributed by atoms with E-state index in [2.05, 4.69) is 38.1 Å². The summed E-state index contributed by atoms with van der Waals surface area (Å²) in [6, 6.07) is 10.1. The molecule has 0 bridgehead atoms. The van der Waals surface area contributed by atoms with Gasteiger partial charge in [-0.05, 0) is 18.6 Å². The molecular weight excluding hydrogens is 318 g/mol. The summed E-state index contributed by atoms with van der Waals surface area (Å²) in [7, 11) is 1.65. The lowest BCUT2D eigenvalue weighted by Gasteiger charge is -2.09. The van der Waals surface area contributed by atoms with E-state index in [-0.39, 0.29) is 0 Å². The first kappa shape index (κ1) is 14.9. The van der Waals surface area contributed by atoms with Crippen LogP contribution in [0, 0.1) is 0 Å². The molecule has 0 aliphatic heterocycles. The summed E-state index contributed by atoms with van der Waals surface area (Å²) >= 11 is 3.44. The number of hydrogen-bond donors (Lipinski definition) is 1. The number of aromatic nitrogens is 2. The van der Waals surface area contributed by atoms with Crippen LogP contribution in [0.3, 0.4) is 0 Å². The fourth-order valence-corrected chi connectivity index (χ4v) is 2.07. The van der Waals surface area contributed by atoms with Crippen LogP contribution in [-0.2, 0) is 11.3 Å². The molecular formula is C15H18BrN3O. The Morgan fingerprint density at radius 1 is 1.20 bits per heavy atom. The highest BCUT2D eigenvalue weighted by Gasteiger charge is 2.06. The largest absolute Gasteiger partial charge is 0.377 e. The Labute approximate surface area is 127 Å². The average molecular weight is 336 g/mol. The minimum Gasteiger partial charge on any atom is -0.377 e. The van der Waals surface area contributed by atoms with Crippen LogP contribution in [0.25, 0.3) is 11.3 Å². The first-order valence-electron chi connectivity index (χ1n) is 6.59. The summed E-state index contributed by atoms with van der Waals surface area (Å²) in [4.78, 5) is 8.99. The topological polar surface area (TPSA) is 47.0 Å². The van der Waals surface area contributed by atoms with Gasteiger partial charge in [0.2, 0.25) is 0 Å². The predicted molar refractivity (Wildman–Crippen MR) is 84.7 cm³/mol. The Hall–Kier alpha value is -1.46. The van der Waals surface area contributed by atoms with Crippen molar-refractivity contribution in [1.82, 2.24) is 9.97 Å². The number of anilines is 1. The summed E-state index contributed by atoms with van der Waals surface area (Å²) in [6.07, 6.45) is 1.05. The van der Waals surface area contributed by atoms with E-state index in [4.69, 9.17) is 4.74 Å². The standard InChI is InChI=1S/C15H18BrN3O/c1-3-8-17-14-9-13(18-15(19-14)10-20-2)11-4-6-12(16)7-5-11/h4-7,9H,3,8,10H2,1-2H3,(H,17,18,19). The quantitative estimate of drug-likeness (QED) is 0.870. The Morgan fingerprint density at radius 2 is 1.95 bits per heavy atom. The first-order chi connectivity index (χ1) is 9.72. The molecule has 0 saturated heterocycles. The van der Waals surface area contributed by atoms with Crippen molar-refractivity contribution in [3.63, 3.8) is 0 Å². The van der Waals surface area contributed by atoms with Crippen molar-refractivity contribution in [2.45, 2.75) is 20.0 Å². The number of hydrogen-bond acceptors (Lipinski definition) is 4. The van der Waals surface area contributed by atoms with Crippen molar-refractivity contribution in [2.24, 2.45) is 0 Å². The third-order valence-electron chi connectivity index (χ3n) is 2.74. The Bertz CT molecular complexity index is 558. The lowest BCUT2D eigenvalue weighted by atomic mass is 10.1. The number of nitrogens with zero attached hydrogens (tertiary/aromatic N) is 2. The number of benzene rings is 1. The van der Waals surface area contributed by atoms with E-state index >= 15 is 0 Å². The molecule has 0 aliphatic rings. The fraction of sp³-hybridized carbons (Fsp3) is 0.333. The number of methoxy groups -OCH3 is 1. The highest BCUT2D eigenvalue weighted by molar-refractivity contribution is 9.10. The average Bonchev–Trinajstić information content (AvgIpc) is 2.46. The van der Waals surface area contributed by atoms with E-state index < -0.39 is 0 Å². The molecule has 0 unspecified atom stereocenters. The zero-order chi connectivity index (χ0) is 14.4. The summed E-state index contributed by atoms with van der Waals surface area (Å²) in [5.74, 6) is 1.53. The van der Waals surface area contributed by atoms with Crippen LogP contribution in [-0.4, -0.2) is 23.6 Å². The predicted octanol–water partition coefficient (Wildman–Crippen LogP) is 3.87. The molecule has 0 aliphatic carbocycles. The molecule has 20 heavy (non-hydrogen) atoms. The molecule has 2 aromatic rings. The van der Waals surface area contributed by atoms with Gasteiger partial charge in [-0.15, -0.1) is 0 Å². The van der Waals surface area contributed by atoms with Gasteiger partial charge in [0.1, 0.15) is 12.4 Å². The third kappa shape index (κ3) is 4.02.